The lowest BCUT2D eigenvalue weighted by Gasteiger charge is -2.08. The summed E-state index contributed by atoms with van der Waals surface area (Å²) in [5.41, 5.74) is 0. The van der Waals surface area contributed by atoms with Crippen LogP contribution in [0.5, 0.6) is 0 Å². The Morgan fingerprint density at radius 1 is 1.67 bits per heavy atom. The van der Waals surface area contributed by atoms with E-state index in [2.05, 4.69) is 4.74 Å². The van der Waals surface area contributed by atoms with Crippen LogP contribution >= 0.6 is 0 Å². The van der Waals surface area contributed by atoms with Crippen molar-refractivity contribution < 1.29 is 9.53 Å². The van der Waals surface area contributed by atoms with Gasteiger partial charge in [-0.25, -0.2) is 4.79 Å². The van der Waals surface area contributed by atoms with Crippen molar-refractivity contribution in [2.45, 2.75) is 13.3 Å². The fraction of sp³-hybridized carbons (Fsp3) is 0.667. The molecule has 0 aliphatic heterocycles. The van der Waals surface area contributed by atoms with E-state index in [-0.39, 0.29) is 6.09 Å². The first-order valence-corrected chi connectivity index (χ1v) is 2.88. The van der Waals surface area contributed by atoms with Crippen LogP contribution in [0.4, 0.5) is 4.79 Å². The maximum atomic E-state index is 10.6. The number of carbonyl (C=O) groups is 1. The summed E-state index contributed by atoms with van der Waals surface area (Å²) in [5, 5.41) is 0. The molecule has 0 aromatic carbocycles. The van der Waals surface area contributed by atoms with Crippen LogP contribution in [-0.4, -0.2) is 25.1 Å². The van der Waals surface area contributed by atoms with Gasteiger partial charge in [0.05, 0.1) is 0 Å². The highest BCUT2D eigenvalue weighted by atomic mass is 16.6. The van der Waals surface area contributed by atoms with Crippen molar-refractivity contribution in [1.82, 2.24) is 4.90 Å². The Morgan fingerprint density at radius 2 is 2.22 bits per heavy atom. The zero-order valence-corrected chi connectivity index (χ0v) is 6.05. The molecule has 0 spiro atoms. The second kappa shape index (κ2) is 4.18. The fourth-order valence-electron chi connectivity index (χ4n) is 0.260. The van der Waals surface area contributed by atoms with Crippen LogP contribution in [0.2, 0.25) is 0 Å². The third-order valence-electron chi connectivity index (χ3n) is 0.716. The Hall–Kier alpha value is -0.730. The number of hydrogen-bond donors (Lipinski definition) is 0. The lowest BCUT2D eigenvalue weighted by atomic mass is 10.5. The molecule has 0 saturated carbocycles. The fourth-order valence-corrected chi connectivity index (χ4v) is 0.260. The molecule has 0 saturated heterocycles. The maximum absolute atomic E-state index is 10.6. The minimum absolute atomic E-state index is 0.322. The summed E-state index contributed by atoms with van der Waals surface area (Å²) in [7, 11) is 3.29. The molecule has 0 N–H and O–H groups in total. The Labute approximate surface area is 55.6 Å². The summed E-state index contributed by atoms with van der Waals surface area (Å²) >= 11 is 0. The summed E-state index contributed by atoms with van der Waals surface area (Å²) in [5.74, 6) is 0. The molecule has 0 atom stereocenters. The Kier molecular flexibility index (Phi) is 3.84. The maximum Gasteiger partial charge on any atom is 0.409 e. The number of carbonyl (C=O) groups excluding carboxylic acids is 1. The van der Waals surface area contributed by atoms with E-state index in [0.717, 1.165) is 6.42 Å². The number of ether oxygens (including phenoxy) is 1. The SMILES string of the molecule is CC[CH]OC(=O)N(C)C. The van der Waals surface area contributed by atoms with E-state index in [1.165, 1.54) is 11.5 Å². The monoisotopic (exact) mass is 130 g/mol. The van der Waals surface area contributed by atoms with Gasteiger partial charge in [0.2, 0.25) is 0 Å². The molecule has 1 radical (unpaired) electrons. The number of nitrogens with zero attached hydrogens (tertiary/aromatic N) is 1. The lowest BCUT2D eigenvalue weighted by Crippen LogP contribution is -2.21. The molecule has 0 aliphatic carbocycles. The van der Waals surface area contributed by atoms with Gasteiger partial charge in [-0.05, 0) is 6.42 Å². The standard InChI is InChI=1S/C6H12NO2/c1-4-5-9-6(8)7(2)3/h5H,4H2,1-3H3. The number of rotatable bonds is 2. The van der Waals surface area contributed by atoms with E-state index < -0.39 is 0 Å². The summed E-state index contributed by atoms with van der Waals surface area (Å²) in [6, 6.07) is 0. The van der Waals surface area contributed by atoms with Gasteiger partial charge in [-0.1, -0.05) is 6.92 Å². The highest BCUT2D eigenvalue weighted by molar-refractivity contribution is 5.67. The molecule has 0 rings (SSSR count). The topological polar surface area (TPSA) is 29.5 Å². The van der Waals surface area contributed by atoms with Gasteiger partial charge >= 0.3 is 6.09 Å². The van der Waals surface area contributed by atoms with Gasteiger partial charge in [0, 0.05) is 14.1 Å². The number of hydrogen-bond acceptors (Lipinski definition) is 2. The van der Waals surface area contributed by atoms with Gasteiger partial charge in [0.15, 0.2) is 0 Å². The third kappa shape index (κ3) is 3.82. The van der Waals surface area contributed by atoms with Crippen molar-refractivity contribution in [2.75, 3.05) is 14.1 Å². The second-order valence-electron chi connectivity index (χ2n) is 1.85. The third-order valence-corrected chi connectivity index (χ3v) is 0.716. The van der Waals surface area contributed by atoms with Crippen molar-refractivity contribution in [1.29, 1.82) is 0 Å². The Morgan fingerprint density at radius 3 is 2.56 bits per heavy atom. The summed E-state index contributed by atoms with van der Waals surface area (Å²) in [4.78, 5) is 12.0. The molecule has 0 bridgehead atoms. The first kappa shape index (κ1) is 8.27. The average molecular weight is 130 g/mol. The van der Waals surface area contributed by atoms with Gasteiger partial charge in [-0.3, -0.25) is 0 Å². The van der Waals surface area contributed by atoms with Crippen LogP contribution in [0.15, 0.2) is 0 Å². The molecule has 0 aromatic heterocycles. The highest BCUT2D eigenvalue weighted by Gasteiger charge is 2.01. The molecular weight excluding hydrogens is 118 g/mol. The van der Waals surface area contributed by atoms with Crippen molar-refractivity contribution in [2.24, 2.45) is 0 Å². The average Bonchev–Trinajstić information content (AvgIpc) is 1.82. The largest absolute Gasteiger partial charge is 0.442 e. The van der Waals surface area contributed by atoms with Crippen LogP contribution in [0.1, 0.15) is 13.3 Å². The van der Waals surface area contributed by atoms with Crippen molar-refractivity contribution in [3.8, 4) is 0 Å². The molecular formula is C6H12NO2. The van der Waals surface area contributed by atoms with Gasteiger partial charge in [-0.15, -0.1) is 0 Å². The summed E-state index contributed by atoms with van der Waals surface area (Å²) in [6.07, 6.45) is 0.427. The lowest BCUT2D eigenvalue weighted by molar-refractivity contribution is 0.141. The van der Waals surface area contributed by atoms with Crippen molar-refractivity contribution in [3.63, 3.8) is 0 Å². The van der Waals surface area contributed by atoms with Gasteiger partial charge in [0.1, 0.15) is 6.61 Å². The predicted molar refractivity (Wildman–Crippen MR) is 34.8 cm³/mol. The normalized spacial score (nSPS) is 8.78. The predicted octanol–water partition coefficient (Wildman–Crippen LogP) is 1.26. The van der Waals surface area contributed by atoms with E-state index in [9.17, 15) is 4.79 Å². The van der Waals surface area contributed by atoms with Gasteiger partial charge in [0.25, 0.3) is 0 Å². The Bertz CT molecular complexity index is 91.1. The molecule has 0 fully saturated rings. The van der Waals surface area contributed by atoms with Crippen molar-refractivity contribution >= 4 is 6.09 Å². The van der Waals surface area contributed by atoms with Crippen LogP contribution in [0.3, 0.4) is 0 Å². The zero-order valence-electron chi connectivity index (χ0n) is 6.05. The molecule has 0 aromatic rings. The van der Waals surface area contributed by atoms with Crippen molar-refractivity contribution in [3.05, 3.63) is 6.61 Å². The highest BCUT2D eigenvalue weighted by Crippen LogP contribution is 1.91. The van der Waals surface area contributed by atoms with Gasteiger partial charge < -0.3 is 9.64 Å². The minimum Gasteiger partial charge on any atom is -0.442 e. The summed E-state index contributed by atoms with van der Waals surface area (Å²) < 4.78 is 4.61. The molecule has 0 aliphatic rings. The minimum atomic E-state index is -0.322. The van der Waals surface area contributed by atoms with E-state index in [4.69, 9.17) is 0 Å². The molecule has 53 valence electrons. The smallest absolute Gasteiger partial charge is 0.409 e. The quantitative estimate of drug-likeness (QED) is 0.563. The molecule has 1 amide bonds. The van der Waals surface area contributed by atoms with Crippen LogP contribution in [-0.2, 0) is 4.74 Å². The molecule has 0 heterocycles. The second-order valence-corrected chi connectivity index (χ2v) is 1.85. The van der Waals surface area contributed by atoms with Gasteiger partial charge in [-0.2, -0.15) is 0 Å². The van der Waals surface area contributed by atoms with Crippen LogP contribution < -0.4 is 0 Å². The van der Waals surface area contributed by atoms with E-state index in [0.29, 0.717) is 0 Å². The zero-order chi connectivity index (χ0) is 7.28. The van der Waals surface area contributed by atoms with E-state index in [1.807, 2.05) is 6.92 Å². The Balaban J connectivity index is 3.28. The molecule has 3 nitrogen and oxygen atoms in total. The molecule has 0 unspecified atom stereocenters. The van der Waals surface area contributed by atoms with Crippen LogP contribution in [0.25, 0.3) is 0 Å². The van der Waals surface area contributed by atoms with E-state index >= 15 is 0 Å². The molecule has 3 heteroatoms. The summed E-state index contributed by atoms with van der Waals surface area (Å²) in [6.45, 7) is 3.38. The van der Waals surface area contributed by atoms with E-state index in [1.54, 1.807) is 14.1 Å². The van der Waals surface area contributed by atoms with Crippen LogP contribution in [0, 0.1) is 6.61 Å². The first-order valence-electron chi connectivity index (χ1n) is 2.88. The first-order chi connectivity index (χ1) is 4.18. The molecule has 9 heavy (non-hydrogen) atoms. The number of amides is 1.